The van der Waals surface area contributed by atoms with Crippen LogP contribution < -0.4 is 20.9 Å². The largest absolute Gasteiger partial charge is 0.449 e. The summed E-state index contributed by atoms with van der Waals surface area (Å²) in [5.41, 5.74) is 3.98. The minimum atomic E-state index is -0.253. The number of piperazine rings is 1. The molecule has 3 aliphatic rings. The molecule has 1 aliphatic carbocycles. The molecule has 2 aliphatic heterocycles. The van der Waals surface area contributed by atoms with Gasteiger partial charge in [-0.25, -0.2) is 9.78 Å². The lowest BCUT2D eigenvalue weighted by Crippen LogP contribution is -2.43. The molecule has 1 amide bonds. The summed E-state index contributed by atoms with van der Waals surface area (Å²) in [6, 6.07) is 8.75. The van der Waals surface area contributed by atoms with Gasteiger partial charge in [-0.3, -0.25) is 0 Å². The maximum atomic E-state index is 11.8. The third kappa shape index (κ3) is 5.74. The molecule has 1 aromatic heterocycles. The van der Waals surface area contributed by atoms with Crippen LogP contribution in [0.15, 0.2) is 24.4 Å². The van der Waals surface area contributed by atoms with Crippen molar-refractivity contribution in [2.45, 2.75) is 31.6 Å². The van der Waals surface area contributed by atoms with E-state index >= 15 is 0 Å². The van der Waals surface area contributed by atoms with Crippen LogP contribution in [0.5, 0.6) is 0 Å². The number of rotatable bonds is 9. The number of nitrogens with one attached hydrogen (secondary N) is 3. The molecule has 0 radical (unpaired) electrons. The van der Waals surface area contributed by atoms with Crippen molar-refractivity contribution in [1.82, 2.24) is 20.2 Å². The lowest BCUT2D eigenvalue weighted by atomic mass is 10.1. The van der Waals surface area contributed by atoms with Crippen LogP contribution in [0.2, 0.25) is 0 Å². The first kappa shape index (κ1) is 23.2. The third-order valence-electron chi connectivity index (χ3n) is 6.64. The van der Waals surface area contributed by atoms with Crippen molar-refractivity contribution >= 4 is 29.2 Å². The molecule has 35 heavy (non-hydrogen) atoms. The Labute approximate surface area is 205 Å². The van der Waals surface area contributed by atoms with Crippen LogP contribution in [-0.4, -0.2) is 73.4 Å². The Hall–Kier alpha value is -3.58. The zero-order valence-electron chi connectivity index (χ0n) is 19.9. The van der Waals surface area contributed by atoms with Gasteiger partial charge in [-0.05, 0) is 55.4 Å². The van der Waals surface area contributed by atoms with Gasteiger partial charge in [-0.15, -0.1) is 0 Å². The molecule has 5 rings (SSSR count). The minimum Gasteiger partial charge on any atom is -0.449 e. The lowest BCUT2D eigenvalue weighted by molar-refractivity contribution is 0.0729. The molecule has 2 aromatic rings. The van der Waals surface area contributed by atoms with Crippen molar-refractivity contribution in [3.05, 3.63) is 35.5 Å². The molecular formula is C25H32N8O2. The predicted octanol–water partition coefficient (Wildman–Crippen LogP) is 3.02. The second-order valence-electron chi connectivity index (χ2n) is 9.21. The summed E-state index contributed by atoms with van der Waals surface area (Å²) >= 11 is 0. The van der Waals surface area contributed by atoms with E-state index in [9.17, 15) is 10.1 Å². The summed E-state index contributed by atoms with van der Waals surface area (Å²) in [5.74, 6) is 1.53. The highest BCUT2D eigenvalue weighted by Crippen LogP contribution is 2.45. The van der Waals surface area contributed by atoms with Crippen molar-refractivity contribution in [2.75, 3.05) is 68.0 Å². The number of carbonyl (C=O) groups excluding carboxylic acids is 1. The first-order chi connectivity index (χ1) is 17.2. The maximum absolute atomic E-state index is 11.8. The fraction of sp³-hybridized carbons (Fsp3) is 0.520. The molecule has 0 bridgehead atoms. The second-order valence-corrected chi connectivity index (χ2v) is 9.21. The Bertz CT molecular complexity index is 1090. The number of cyclic esters (lactones) is 1. The number of nitriles is 1. The van der Waals surface area contributed by atoms with Gasteiger partial charge in [0.15, 0.2) is 0 Å². The zero-order chi connectivity index (χ0) is 24.0. The number of ether oxygens (including phenoxy) is 1. The zero-order valence-corrected chi connectivity index (χ0v) is 19.9. The Kier molecular flexibility index (Phi) is 7.14. The van der Waals surface area contributed by atoms with Crippen LogP contribution in [-0.2, 0) is 4.74 Å². The smallest absolute Gasteiger partial charge is 0.409 e. The molecule has 3 heterocycles. The predicted molar refractivity (Wildman–Crippen MR) is 134 cm³/mol. The molecule has 0 spiro atoms. The van der Waals surface area contributed by atoms with E-state index in [1.54, 1.807) is 11.1 Å². The fourth-order valence-electron chi connectivity index (χ4n) is 4.57. The first-order valence-electron chi connectivity index (χ1n) is 12.5. The molecule has 2 saturated heterocycles. The molecule has 3 N–H and O–H groups in total. The van der Waals surface area contributed by atoms with E-state index in [4.69, 9.17) is 4.74 Å². The molecule has 1 saturated carbocycles. The first-order valence-corrected chi connectivity index (χ1v) is 12.5. The van der Waals surface area contributed by atoms with Gasteiger partial charge in [0.05, 0.1) is 12.8 Å². The summed E-state index contributed by atoms with van der Waals surface area (Å²) in [4.78, 5) is 24.9. The van der Waals surface area contributed by atoms with Crippen LogP contribution in [0.25, 0.3) is 0 Å². The van der Waals surface area contributed by atoms with Crippen LogP contribution in [0.1, 0.15) is 42.7 Å². The number of nitrogens with zero attached hydrogens (tertiary/aromatic N) is 5. The topological polar surface area (TPSA) is 118 Å². The number of hydrogen-bond donors (Lipinski definition) is 3. The summed E-state index contributed by atoms with van der Waals surface area (Å²) < 4.78 is 5.08. The van der Waals surface area contributed by atoms with Gasteiger partial charge >= 0.3 is 6.09 Å². The standard InChI is InChI=1S/C25H32N8O2/c26-16-19-17-29-24(31-23(19)28-7-1-10-33-11-2-14-35-25(33)34)30-22-6-5-20(15-21(22)18-3-4-18)32-12-8-27-9-13-32/h5-6,15,17-18,27H,1-4,7-14H2,(H2,28,29,30,31). The van der Waals surface area contributed by atoms with Crippen molar-refractivity contribution in [1.29, 1.82) is 5.26 Å². The normalized spacial score (nSPS) is 18.1. The monoisotopic (exact) mass is 476 g/mol. The van der Waals surface area contributed by atoms with Gasteiger partial charge in [0, 0.05) is 57.2 Å². The van der Waals surface area contributed by atoms with Crippen LogP contribution in [0, 0.1) is 11.3 Å². The van der Waals surface area contributed by atoms with Gasteiger partial charge in [0.2, 0.25) is 5.95 Å². The molecule has 3 fully saturated rings. The van der Waals surface area contributed by atoms with Gasteiger partial charge in [0.1, 0.15) is 17.5 Å². The summed E-state index contributed by atoms with van der Waals surface area (Å²) in [6.07, 6.45) is 5.28. The number of anilines is 4. The van der Waals surface area contributed by atoms with E-state index in [0.717, 1.165) is 51.3 Å². The summed E-state index contributed by atoms with van der Waals surface area (Å²) in [6.45, 7) is 6.46. The fourth-order valence-corrected chi connectivity index (χ4v) is 4.57. The van der Waals surface area contributed by atoms with E-state index in [1.807, 2.05) is 0 Å². The molecule has 0 atom stereocenters. The van der Waals surface area contributed by atoms with Crippen LogP contribution in [0.4, 0.5) is 27.9 Å². The summed E-state index contributed by atoms with van der Waals surface area (Å²) in [7, 11) is 0. The van der Waals surface area contributed by atoms with Crippen LogP contribution in [0.3, 0.4) is 0 Å². The minimum absolute atomic E-state index is 0.253. The average molecular weight is 477 g/mol. The quantitative estimate of drug-likeness (QED) is 0.469. The van der Waals surface area contributed by atoms with Crippen molar-refractivity contribution < 1.29 is 9.53 Å². The number of carbonyl (C=O) groups is 1. The Morgan fingerprint density at radius 2 is 2.09 bits per heavy atom. The number of benzene rings is 1. The number of aromatic nitrogens is 2. The van der Waals surface area contributed by atoms with E-state index < -0.39 is 0 Å². The Balaban J connectivity index is 1.25. The lowest BCUT2D eigenvalue weighted by Gasteiger charge is -2.30. The van der Waals surface area contributed by atoms with Crippen molar-refractivity contribution in [2.24, 2.45) is 0 Å². The van der Waals surface area contributed by atoms with E-state index in [2.05, 4.69) is 55.1 Å². The van der Waals surface area contributed by atoms with E-state index in [0.29, 0.717) is 42.9 Å². The second kappa shape index (κ2) is 10.8. The van der Waals surface area contributed by atoms with Gasteiger partial charge in [-0.2, -0.15) is 10.2 Å². The van der Waals surface area contributed by atoms with Crippen LogP contribution >= 0.6 is 0 Å². The van der Waals surface area contributed by atoms with Gasteiger partial charge < -0.3 is 30.5 Å². The van der Waals surface area contributed by atoms with E-state index in [1.165, 1.54) is 24.1 Å². The molecule has 0 unspecified atom stereocenters. The number of hydrogen-bond acceptors (Lipinski definition) is 9. The molecule has 1 aromatic carbocycles. The number of amides is 1. The highest BCUT2D eigenvalue weighted by atomic mass is 16.6. The third-order valence-corrected chi connectivity index (χ3v) is 6.64. The van der Waals surface area contributed by atoms with Crippen molar-refractivity contribution in [3.8, 4) is 6.07 Å². The van der Waals surface area contributed by atoms with E-state index in [-0.39, 0.29) is 6.09 Å². The Morgan fingerprint density at radius 1 is 1.23 bits per heavy atom. The maximum Gasteiger partial charge on any atom is 0.409 e. The Morgan fingerprint density at radius 3 is 2.86 bits per heavy atom. The average Bonchev–Trinajstić information content (AvgIpc) is 3.74. The molecular weight excluding hydrogens is 444 g/mol. The van der Waals surface area contributed by atoms with Crippen molar-refractivity contribution in [3.63, 3.8) is 0 Å². The highest BCUT2D eigenvalue weighted by Gasteiger charge is 2.27. The molecule has 10 heteroatoms. The summed E-state index contributed by atoms with van der Waals surface area (Å²) in [5, 5.41) is 19.5. The van der Waals surface area contributed by atoms with Gasteiger partial charge in [0.25, 0.3) is 0 Å². The molecule has 10 nitrogen and oxygen atoms in total. The molecule has 184 valence electrons. The van der Waals surface area contributed by atoms with Gasteiger partial charge in [-0.1, -0.05) is 0 Å². The SMILES string of the molecule is N#Cc1cnc(Nc2ccc(N3CCNCC3)cc2C2CC2)nc1NCCCN1CCCOC1=O. The highest BCUT2D eigenvalue weighted by molar-refractivity contribution is 5.68.